The number of hydrogen-bond donors (Lipinski definition) is 0. The van der Waals surface area contributed by atoms with Gasteiger partial charge >= 0.3 is 0 Å². The number of hydrogen-bond acceptors (Lipinski definition) is 4. The lowest BCUT2D eigenvalue weighted by molar-refractivity contribution is 0.671. The largest absolute Gasteiger partial charge is 0.306 e. The highest BCUT2D eigenvalue weighted by Gasteiger charge is 2.11. The van der Waals surface area contributed by atoms with Gasteiger partial charge in [0.25, 0.3) is 5.56 Å². The number of para-hydroxylation sites is 1. The van der Waals surface area contributed by atoms with Gasteiger partial charge in [-0.05, 0) is 40.2 Å². The van der Waals surface area contributed by atoms with Gasteiger partial charge in [0.15, 0.2) is 5.16 Å². The fourth-order valence-electron chi connectivity index (χ4n) is 2.77. The van der Waals surface area contributed by atoms with Crippen LogP contribution >= 0.6 is 27.7 Å². The summed E-state index contributed by atoms with van der Waals surface area (Å²) in [5, 5.41) is 1.29. The quantitative estimate of drug-likeness (QED) is 0.271. The molecule has 0 fully saturated rings. The molecule has 1 aromatic carbocycles. The Morgan fingerprint density at radius 2 is 2.00 bits per heavy atom. The fraction of sp³-hybridized carbons (Fsp3) is 0.105. The number of imidazole rings is 1. The van der Waals surface area contributed by atoms with Crippen LogP contribution in [0.25, 0.3) is 16.6 Å². The molecule has 26 heavy (non-hydrogen) atoms. The average molecular weight is 427 g/mol. The Balaban J connectivity index is 1.70. The van der Waals surface area contributed by atoms with Crippen LogP contribution in [0.2, 0.25) is 0 Å². The van der Waals surface area contributed by atoms with Crippen molar-refractivity contribution in [1.29, 1.82) is 0 Å². The van der Waals surface area contributed by atoms with Crippen molar-refractivity contribution < 1.29 is 0 Å². The summed E-state index contributed by atoms with van der Waals surface area (Å²) in [6.45, 7) is 4.18. The Labute approximate surface area is 162 Å². The molecule has 0 aliphatic carbocycles. The van der Waals surface area contributed by atoms with Gasteiger partial charge in [0.1, 0.15) is 5.65 Å². The van der Waals surface area contributed by atoms with E-state index in [-0.39, 0.29) is 5.56 Å². The van der Waals surface area contributed by atoms with Crippen molar-refractivity contribution in [2.24, 2.45) is 0 Å². The minimum atomic E-state index is -0.0445. The lowest BCUT2D eigenvalue weighted by Gasteiger charge is -2.10. The van der Waals surface area contributed by atoms with Crippen molar-refractivity contribution in [3.8, 4) is 0 Å². The monoisotopic (exact) mass is 426 g/mol. The predicted octanol–water partition coefficient (Wildman–Crippen LogP) is 4.29. The van der Waals surface area contributed by atoms with Crippen molar-refractivity contribution in [3.05, 3.63) is 82.0 Å². The number of rotatable bonds is 5. The van der Waals surface area contributed by atoms with Crippen molar-refractivity contribution >= 4 is 44.2 Å². The first-order chi connectivity index (χ1) is 12.7. The van der Waals surface area contributed by atoms with Gasteiger partial charge in [0.2, 0.25) is 0 Å². The molecular formula is C19H15BrN4OS. The first-order valence-corrected chi connectivity index (χ1v) is 9.80. The second-order valence-corrected chi connectivity index (χ2v) is 7.61. The summed E-state index contributed by atoms with van der Waals surface area (Å²) in [4.78, 5) is 22.1. The fourth-order valence-corrected chi connectivity index (χ4v) is 4.02. The van der Waals surface area contributed by atoms with E-state index in [4.69, 9.17) is 0 Å². The second kappa shape index (κ2) is 7.09. The Morgan fingerprint density at radius 3 is 2.85 bits per heavy atom. The van der Waals surface area contributed by atoms with E-state index in [9.17, 15) is 4.79 Å². The first kappa shape index (κ1) is 17.1. The van der Waals surface area contributed by atoms with Crippen LogP contribution in [0, 0.1) is 0 Å². The SMILES string of the molecule is C=CCn1c(SCc2cn3cc(Br)ccc3n2)nc2ccccc2c1=O. The number of thioether (sulfide) groups is 1. The minimum absolute atomic E-state index is 0.0445. The molecule has 3 heterocycles. The molecule has 0 radical (unpaired) electrons. The van der Waals surface area contributed by atoms with Crippen LogP contribution in [0.3, 0.4) is 0 Å². The van der Waals surface area contributed by atoms with Crippen LogP contribution in [-0.4, -0.2) is 18.9 Å². The van der Waals surface area contributed by atoms with E-state index in [0.717, 1.165) is 15.8 Å². The van der Waals surface area contributed by atoms with E-state index in [2.05, 4.69) is 32.5 Å². The summed E-state index contributed by atoms with van der Waals surface area (Å²) in [6, 6.07) is 11.3. The molecule has 4 aromatic rings. The van der Waals surface area contributed by atoms with E-state index in [1.54, 1.807) is 16.7 Å². The van der Waals surface area contributed by atoms with E-state index in [0.29, 0.717) is 28.4 Å². The van der Waals surface area contributed by atoms with Crippen LogP contribution in [-0.2, 0) is 12.3 Å². The minimum Gasteiger partial charge on any atom is -0.306 e. The van der Waals surface area contributed by atoms with Crippen LogP contribution in [0.4, 0.5) is 0 Å². The number of pyridine rings is 1. The van der Waals surface area contributed by atoms with Gasteiger partial charge in [0, 0.05) is 29.2 Å². The number of halogens is 1. The number of allylic oxidation sites excluding steroid dienone is 1. The normalized spacial score (nSPS) is 11.3. The van der Waals surface area contributed by atoms with Gasteiger partial charge < -0.3 is 4.40 Å². The highest BCUT2D eigenvalue weighted by molar-refractivity contribution is 9.10. The molecule has 5 nitrogen and oxygen atoms in total. The molecule has 3 aromatic heterocycles. The summed E-state index contributed by atoms with van der Waals surface area (Å²) in [6.07, 6.45) is 5.67. The molecule has 0 saturated heterocycles. The van der Waals surface area contributed by atoms with E-state index < -0.39 is 0 Å². The summed E-state index contributed by atoms with van der Waals surface area (Å²) < 4.78 is 4.63. The summed E-state index contributed by atoms with van der Waals surface area (Å²) in [5.41, 5.74) is 2.48. The van der Waals surface area contributed by atoms with Crippen LogP contribution in [0.15, 0.2) is 75.9 Å². The summed E-state index contributed by atoms with van der Waals surface area (Å²) in [5.74, 6) is 0.626. The second-order valence-electron chi connectivity index (χ2n) is 5.75. The van der Waals surface area contributed by atoms with Crippen LogP contribution < -0.4 is 5.56 Å². The first-order valence-electron chi connectivity index (χ1n) is 8.02. The molecule has 0 aliphatic heterocycles. The van der Waals surface area contributed by atoms with Gasteiger partial charge in [-0.25, -0.2) is 9.97 Å². The predicted molar refractivity (Wildman–Crippen MR) is 109 cm³/mol. The number of fused-ring (bicyclic) bond motifs is 2. The molecule has 130 valence electrons. The third kappa shape index (κ3) is 3.20. The zero-order valence-electron chi connectivity index (χ0n) is 13.8. The molecule has 0 bridgehead atoms. The van der Waals surface area contributed by atoms with Gasteiger partial charge in [-0.1, -0.05) is 30.0 Å². The molecule has 0 aliphatic rings. The molecule has 0 saturated carbocycles. The van der Waals surface area contributed by atoms with Gasteiger partial charge in [-0.2, -0.15) is 0 Å². The Morgan fingerprint density at radius 1 is 1.15 bits per heavy atom. The standard InChI is InChI=1S/C19H15BrN4OS/c1-2-9-24-18(25)15-5-3-4-6-16(15)22-19(24)26-12-14-11-23-10-13(20)7-8-17(23)21-14/h2-8,10-11H,1,9,12H2. The number of nitrogens with zero attached hydrogens (tertiary/aromatic N) is 4. The van der Waals surface area contributed by atoms with Crippen molar-refractivity contribution in [2.75, 3.05) is 0 Å². The summed E-state index contributed by atoms with van der Waals surface area (Å²) >= 11 is 4.97. The van der Waals surface area contributed by atoms with Crippen LogP contribution in [0.1, 0.15) is 5.69 Å². The lowest BCUT2D eigenvalue weighted by Crippen LogP contribution is -2.22. The Bertz CT molecular complexity index is 1180. The molecule has 0 unspecified atom stereocenters. The zero-order valence-corrected chi connectivity index (χ0v) is 16.2. The zero-order chi connectivity index (χ0) is 18.1. The van der Waals surface area contributed by atoms with Gasteiger partial charge in [-0.3, -0.25) is 9.36 Å². The Hall–Kier alpha value is -2.38. The van der Waals surface area contributed by atoms with E-state index in [1.807, 2.05) is 47.1 Å². The van der Waals surface area contributed by atoms with Crippen molar-refractivity contribution in [3.63, 3.8) is 0 Å². The third-order valence-electron chi connectivity index (χ3n) is 3.95. The average Bonchev–Trinajstić information content (AvgIpc) is 3.04. The van der Waals surface area contributed by atoms with E-state index in [1.165, 1.54) is 11.8 Å². The van der Waals surface area contributed by atoms with Gasteiger partial charge in [0.05, 0.1) is 16.6 Å². The third-order valence-corrected chi connectivity index (χ3v) is 5.43. The topological polar surface area (TPSA) is 52.2 Å². The molecule has 0 amide bonds. The summed E-state index contributed by atoms with van der Waals surface area (Å²) in [7, 11) is 0. The maximum absolute atomic E-state index is 12.8. The molecule has 7 heteroatoms. The molecule has 0 atom stereocenters. The van der Waals surface area contributed by atoms with Crippen molar-refractivity contribution in [2.45, 2.75) is 17.5 Å². The highest BCUT2D eigenvalue weighted by Crippen LogP contribution is 2.22. The smallest absolute Gasteiger partial charge is 0.262 e. The highest BCUT2D eigenvalue weighted by atomic mass is 79.9. The lowest BCUT2D eigenvalue weighted by atomic mass is 10.2. The molecular weight excluding hydrogens is 412 g/mol. The van der Waals surface area contributed by atoms with E-state index >= 15 is 0 Å². The number of aromatic nitrogens is 4. The maximum atomic E-state index is 12.8. The molecule has 4 rings (SSSR count). The molecule has 0 N–H and O–H groups in total. The van der Waals surface area contributed by atoms with Crippen molar-refractivity contribution in [1.82, 2.24) is 18.9 Å². The molecule has 0 spiro atoms. The number of benzene rings is 1. The van der Waals surface area contributed by atoms with Crippen LogP contribution in [0.5, 0.6) is 0 Å². The Kier molecular flexibility index (Phi) is 4.65. The van der Waals surface area contributed by atoms with Gasteiger partial charge in [-0.15, -0.1) is 6.58 Å². The maximum Gasteiger partial charge on any atom is 0.262 e.